The minimum atomic E-state index is 1.19. The third-order valence-electron chi connectivity index (χ3n) is 3.07. The summed E-state index contributed by atoms with van der Waals surface area (Å²) in [5, 5.41) is 0. The van der Waals surface area contributed by atoms with Crippen LogP contribution in [0, 0.1) is 0 Å². The molecule has 90 valence electrons. The van der Waals surface area contributed by atoms with E-state index in [9.17, 15) is 0 Å². The number of hydrogen-bond donors (Lipinski definition) is 0. The van der Waals surface area contributed by atoms with Gasteiger partial charge in [0, 0.05) is 25.0 Å². The van der Waals surface area contributed by atoms with Gasteiger partial charge in [0.1, 0.15) is 6.54 Å². The van der Waals surface area contributed by atoms with Gasteiger partial charge in [-0.05, 0) is 12.8 Å². The fourth-order valence-electron chi connectivity index (χ4n) is 2.05. The van der Waals surface area contributed by atoms with Crippen molar-refractivity contribution in [2.24, 2.45) is 0 Å². The lowest BCUT2D eigenvalue weighted by Crippen LogP contribution is -2.37. The maximum absolute atomic E-state index is 2.44. The largest absolute Gasteiger partial charge is 0.202 e. The monoisotopic (exact) mass is 220 g/mol. The van der Waals surface area contributed by atoms with Crippen LogP contribution >= 0.6 is 0 Å². The zero-order chi connectivity index (χ0) is 11.6. The molecule has 1 aromatic rings. The van der Waals surface area contributed by atoms with Crippen LogP contribution in [0.5, 0.6) is 0 Å². The van der Waals surface area contributed by atoms with Crippen LogP contribution in [0.2, 0.25) is 0 Å². The Kier molecular flexibility index (Phi) is 6.87. The van der Waals surface area contributed by atoms with E-state index in [4.69, 9.17) is 0 Å². The van der Waals surface area contributed by atoms with Crippen LogP contribution in [0.1, 0.15) is 58.1 Å². The highest BCUT2D eigenvalue weighted by atomic mass is 14.9. The normalized spacial score (nSPS) is 10.6. The molecule has 0 N–H and O–H groups in total. The maximum Gasteiger partial charge on any atom is 0.181 e. The number of hydrogen-bond acceptors (Lipinski definition) is 0. The van der Waals surface area contributed by atoms with Crippen LogP contribution < -0.4 is 4.57 Å². The highest BCUT2D eigenvalue weighted by molar-refractivity contribution is 4.97. The molecule has 0 amide bonds. The number of rotatable bonds is 8. The average molecular weight is 220 g/mol. The van der Waals surface area contributed by atoms with Gasteiger partial charge in [0.15, 0.2) is 11.9 Å². The van der Waals surface area contributed by atoms with E-state index >= 15 is 0 Å². The molecule has 0 unspecified atom stereocenters. The highest BCUT2D eigenvalue weighted by Gasteiger charge is 2.07. The van der Waals surface area contributed by atoms with Crippen LogP contribution in [0.4, 0.5) is 0 Å². The van der Waals surface area contributed by atoms with Crippen molar-refractivity contribution in [3.8, 4) is 0 Å². The van der Waals surface area contributed by atoms with Gasteiger partial charge in [0.05, 0.1) is 0 Å². The summed E-state index contributed by atoms with van der Waals surface area (Å²) in [5.41, 5.74) is 1.51. The minimum absolute atomic E-state index is 1.19. The lowest BCUT2D eigenvalue weighted by molar-refractivity contribution is -0.704. The molecule has 16 heavy (non-hydrogen) atoms. The third-order valence-corrected chi connectivity index (χ3v) is 3.07. The van der Waals surface area contributed by atoms with Crippen molar-refractivity contribution in [3.63, 3.8) is 0 Å². The number of pyridine rings is 1. The number of unbranched alkanes of at least 4 members (excludes halogenated alkanes) is 4. The van der Waals surface area contributed by atoms with Crippen molar-refractivity contribution in [1.82, 2.24) is 0 Å². The Morgan fingerprint density at radius 1 is 0.938 bits per heavy atom. The van der Waals surface area contributed by atoms with Crippen LogP contribution in [-0.4, -0.2) is 0 Å². The molecular weight excluding hydrogens is 194 g/mol. The van der Waals surface area contributed by atoms with E-state index in [0.29, 0.717) is 0 Å². The molecule has 0 aliphatic carbocycles. The van der Waals surface area contributed by atoms with Gasteiger partial charge < -0.3 is 0 Å². The molecule has 0 saturated carbocycles. The molecule has 0 fully saturated rings. The number of aryl methyl sites for hydroxylation is 2. The fraction of sp³-hybridized carbons (Fsp3) is 0.667. The molecule has 0 aliphatic heterocycles. The quantitative estimate of drug-likeness (QED) is 0.462. The van der Waals surface area contributed by atoms with Gasteiger partial charge in [0.25, 0.3) is 0 Å². The summed E-state index contributed by atoms with van der Waals surface area (Å²) in [6.07, 6.45) is 11.4. The second-order valence-corrected chi connectivity index (χ2v) is 4.55. The van der Waals surface area contributed by atoms with Gasteiger partial charge in [-0.25, -0.2) is 4.57 Å². The van der Waals surface area contributed by atoms with Gasteiger partial charge in [-0.3, -0.25) is 0 Å². The lowest BCUT2D eigenvalue weighted by atomic mass is 10.1. The molecule has 0 atom stereocenters. The van der Waals surface area contributed by atoms with E-state index in [1.165, 1.54) is 57.2 Å². The van der Waals surface area contributed by atoms with Crippen molar-refractivity contribution < 1.29 is 4.57 Å². The van der Waals surface area contributed by atoms with E-state index in [2.05, 4.69) is 42.8 Å². The molecule has 1 aromatic heterocycles. The standard InChI is InChI=1S/C15H26N/c1-3-5-7-11-15-12-8-10-14-16(15)13-9-6-4-2/h8,10,12,14H,3-7,9,11,13H2,1-2H3/q+1. The van der Waals surface area contributed by atoms with Gasteiger partial charge >= 0.3 is 0 Å². The Hall–Kier alpha value is -0.850. The summed E-state index contributed by atoms with van der Waals surface area (Å²) >= 11 is 0. The molecule has 1 heterocycles. The smallest absolute Gasteiger partial charge is 0.181 e. The van der Waals surface area contributed by atoms with Crippen molar-refractivity contribution in [1.29, 1.82) is 0 Å². The van der Waals surface area contributed by atoms with Crippen molar-refractivity contribution in [2.45, 2.75) is 65.3 Å². The molecule has 1 rings (SSSR count). The Morgan fingerprint density at radius 2 is 1.69 bits per heavy atom. The molecule has 1 heteroatoms. The zero-order valence-corrected chi connectivity index (χ0v) is 10.9. The summed E-state index contributed by atoms with van der Waals surface area (Å²) in [6, 6.07) is 6.59. The van der Waals surface area contributed by atoms with Gasteiger partial charge in [0.2, 0.25) is 0 Å². The van der Waals surface area contributed by atoms with Gasteiger partial charge in [-0.1, -0.05) is 39.2 Å². The van der Waals surface area contributed by atoms with Gasteiger partial charge in [-0.15, -0.1) is 0 Å². The topological polar surface area (TPSA) is 3.88 Å². The summed E-state index contributed by atoms with van der Waals surface area (Å²) < 4.78 is 2.44. The van der Waals surface area contributed by atoms with Crippen LogP contribution in [0.3, 0.4) is 0 Å². The van der Waals surface area contributed by atoms with Crippen molar-refractivity contribution in [2.75, 3.05) is 0 Å². The predicted molar refractivity (Wildman–Crippen MR) is 69.4 cm³/mol. The first-order valence-electron chi connectivity index (χ1n) is 6.85. The lowest BCUT2D eigenvalue weighted by Gasteiger charge is -2.03. The first kappa shape index (κ1) is 13.2. The predicted octanol–water partition coefficient (Wildman–Crippen LogP) is 3.90. The summed E-state index contributed by atoms with van der Waals surface area (Å²) in [7, 11) is 0. The molecule has 0 aromatic carbocycles. The van der Waals surface area contributed by atoms with Crippen LogP contribution in [0.25, 0.3) is 0 Å². The van der Waals surface area contributed by atoms with E-state index in [1.54, 1.807) is 0 Å². The third kappa shape index (κ3) is 4.78. The highest BCUT2D eigenvalue weighted by Crippen LogP contribution is 2.03. The molecule has 1 nitrogen and oxygen atoms in total. The first-order valence-corrected chi connectivity index (χ1v) is 6.85. The van der Waals surface area contributed by atoms with E-state index < -0.39 is 0 Å². The molecular formula is C15H26N+. The Bertz CT molecular complexity index is 252. The van der Waals surface area contributed by atoms with Crippen LogP contribution in [-0.2, 0) is 13.0 Å². The Morgan fingerprint density at radius 3 is 2.44 bits per heavy atom. The summed E-state index contributed by atoms with van der Waals surface area (Å²) in [5.74, 6) is 0. The van der Waals surface area contributed by atoms with E-state index in [-0.39, 0.29) is 0 Å². The van der Waals surface area contributed by atoms with Crippen molar-refractivity contribution >= 4 is 0 Å². The zero-order valence-electron chi connectivity index (χ0n) is 10.9. The number of aromatic nitrogens is 1. The average Bonchev–Trinajstić information content (AvgIpc) is 2.32. The molecule has 0 radical (unpaired) electrons. The number of nitrogens with zero attached hydrogens (tertiary/aromatic N) is 1. The molecule has 0 aliphatic rings. The Balaban J connectivity index is 2.46. The summed E-state index contributed by atoms with van der Waals surface area (Å²) in [4.78, 5) is 0. The fourth-order valence-corrected chi connectivity index (χ4v) is 2.05. The maximum atomic E-state index is 2.44. The molecule has 0 saturated heterocycles. The molecule has 0 spiro atoms. The second kappa shape index (κ2) is 8.32. The van der Waals surface area contributed by atoms with Gasteiger partial charge in [-0.2, -0.15) is 0 Å². The van der Waals surface area contributed by atoms with Crippen molar-refractivity contribution in [3.05, 3.63) is 30.1 Å². The first-order chi connectivity index (χ1) is 7.88. The molecule has 0 bridgehead atoms. The summed E-state index contributed by atoms with van der Waals surface area (Å²) in [6.45, 7) is 5.72. The van der Waals surface area contributed by atoms with E-state index in [1.807, 2.05) is 0 Å². The minimum Gasteiger partial charge on any atom is -0.202 e. The Labute approximate surface area is 101 Å². The second-order valence-electron chi connectivity index (χ2n) is 4.55. The van der Waals surface area contributed by atoms with Crippen LogP contribution in [0.15, 0.2) is 24.4 Å². The SMILES string of the molecule is CCCCCc1cccc[n+]1CCCCC. The van der Waals surface area contributed by atoms with E-state index in [0.717, 1.165) is 0 Å².